The molecule has 7 nitrogen and oxygen atoms in total. The summed E-state index contributed by atoms with van der Waals surface area (Å²) in [4.78, 5) is 28.3. The van der Waals surface area contributed by atoms with Gasteiger partial charge in [-0.1, -0.05) is 23.7 Å². The van der Waals surface area contributed by atoms with E-state index in [0.29, 0.717) is 22.7 Å². The van der Waals surface area contributed by atoms with E-state index in [2.05, 4.69) is 0 Å². The summed E-state index contributed by atoms with van der Waals surface area (Å²) in [6, 6.07) is 16.3. The van der Waals surface area contributed by atoms with E-state index in [4.69, 9.17) is 25.8 Å². The molecule has 8 heteroatoms. The molecular formula is C29H28ClNO6. The number of aliphatic hydroxyl groups is 1. The Hall–Kier alpha value is -3.97. The SMILES string of the molecule is COc1cccc(C2/C(=C(\O)c3cc(C)cc(Cl)c3OC)C(=O)C(=O)N2c2ccc(OC(C)C)cc2)c1. The fraction of sp³-hybridized carbons (Fsp3) is 0.241. The summed E-state index contributed by atoms with van der Waals surface area (Å²) in [5.74, 6) is -0.601. The number of nitrogens with zero attached hydrogens (tertiary/aromatic N) is 1. The number of hydrogen-bond acceptors (Lipinski definition) is 6. The number of methoxy groups -OCH3 is 2. The fourth-order valence-electron chi connectivity index (χ4n) is 4.44. The molecule has 0 bridgehead atoms. The number of hydrogen-bond donors (Lipinski definition) is 1. The number of ketones is 1. The number of Topliss-reactive ketones (excluding diaryl/α,β-unsaturated/α-hetero) is 1. The third kappa shape index (κ3) is 5.00. The van der Waals surface area contributed by atoms with Gasteiger partial charge < -0.3 is 19.3 Å². The van der Waals surface area contributed by atoms with Gasteiger partial charge in [0.2, 0.25) is 0 Å². The van der Waals surface area contributed by atoms with Gasteiger partial charge in [0.05, 0.1) is 42.5 Å². The van der Waals surface area contributed by atoms with Crippen molar-refractivity contribution >= 4 is 34.7 Å². The molecule has 3 aromatic rings. The average Bonchev–Trinajstić information content (AvgIpc) is 3.13. The van der Waals surface area contributed by atoms with Gasteiger partial charge in [0.25, 0.3) is 11.7 Å². The molecular weight excluding hydrogens is 494 g/mol. The van der Waals surface area contributed by atoms with Crippen LogP contribution in [0.1, 0.15) is 36.6 Å². The maximum atomic E-state index is 13.5. The quantitative estimate of drug-likeness (QED) is 0.230. The van der Waals surface area contributed by atoms with E-state index in [1.165, 1.54) is 19.1 Å². The molecule has 1 unspecified atom stereocenters. The van der Waals surface area contributed by atoms with Crippen molar-refractivity contribution < 1.29 is 28.9 Å². The lowest BCUT2D eigenvalue weighted by molar-refractivity contribution is -0.132. The van der Waals surface area contributed by atoms with E-state index in [9.17, 15) is 14.7 Å². The van der Waals surface area contributed by atoms with E-state index in [1.807, 2.05) is 13.8 Å². The van der Waals surface area contributed by atoms with E-state index in [0.717, 1.165) is 5.56 Å². The molecule has 1 fully saturated rings. The van der Waals surface area contributed by atoms with Gasteiger partial charge in [-0.3, -0.25) is 14.5 Å². The van der Waals surface area contributed by atoms with Crippen molar-refractivity contribution in [1.29, 1.82) is 0 Å². The number of benzene rings is 3. The summed E-state index contributed by atoms with van der Waals surface area (Å²) in [6.07, 6.45) is -0.0204. The molecule has 192 valence electrons. The molecule has 0 saturated carbocycles. The van der Waals surface area contributed by atoms with E-state index in [-0.39, 0.29) is 33.8 Å². The molecule has 1 heterocycles. The molecule has 3 aromatic carbocycles. The van der Waals surface area contributed by atoms with Crippen LogP contribution in [0.15, 0.2) is 66.2 Å². The topological polar surface area (TPSA) is 85.3 Å². The van der Waals surface area contributed by atoms with Crippen LogP contribution in [0, 0.1) is 6.92 Å². The maximum Gasteiger partial charge on any atom is 0.300 e. The second-order valence-electron chi connectivity index (χ2n) is 8.93. The Labute approximate surface area is 220 Å². The molecule has 1 amide bonds. The second-order valence-corrected chi connectivity index (χ2v) is 9.34. The van der Waals surface area contributed by atoms with Crippen LogP contribution < -0.4 is 19.1 Å². The van der Waals surface area contributed by atoms with Crippen LogP contribution in [-0.4, -0.2) is 37.1 Å². The number of halogens is 1. The first-order chi connectivity index (χ1) is 17.7. The Morgan fingerprint density at radius 1 is 0.973 bits per heavy atom. The molecule has 0 aliphatic carbocycles. The van der Waals surface area contributed by atoms with E-state index < -0.39 is 17.7 Å². The number of aliphatic hydroxyl groups excluding tert-OH is 1. The minimum absolute atomic E-state index is 0.0204. The Bertz CT molecular complexity index is 1380. The van der Waals surface area contributed by atoms with Crippen LogP contribution >= 0.6 is 11.6 Å². The summed E-state index contributed by atoms with van der Waals surface area (Å²) >= 11 is 6.37. The first-order valence-corrected chi connectivity index (χ1v) is 12.1. The molecule has 37 heavy (non-hydrogen) atoms. The Morgan fingerprint density at radius 3 is 2.30 bits per heavy atom. The summed E-state index contributed by atoms with van der Waals surface area (Å²) in [5, 5.41) is 11.8. The summed E-state index contributed by atoms with van der Waals surface area (Å²) in [6.45, 7) is 5.64. The zero-order valence-corrected chi connectivity index (χ0v) is 22.0. The van der Waals surface area contributed by atoms with Crippen molar-refractivity contribution in [3.05, 3.63) is 87.9 Å². The maximum absolute atomic E-state index is 13.5. The standard InChI is InChI=1S/C29H28ClNO6/c1-16(2)37-20-11-9-19(10-12-20)31-25(18-7-6-8-21(15-18)35-4)24(27(33)29(31)34)26(32)22-13-17(3)14-23(30)28(22)36-5/h6-16,25,32H,1-5H3/b26-24+. The minimum atomic E-state index is -0.934. The third-order valence-corrected chi connectivity index (χ3v) is 6.27. The number of carbonyl (C=O) groups excluding carboxylic acids is 2. The highest BCUT2D eigenvalue weighted by Gasteiger charge is 2.47. The monoisotopic (exact) mass is 521 g/mol. The van der Waals surface area contributed by atoms with Crippen LogP contribution in [0.4, 0.5) is 5.69 Å². The smallest absolute Gasteiger partial charge is 0.300 e. The third-order valence-electron chi connectivity index (χ3n) is 5.99. The van der Waals surface area contributed by atoms with Crippen LogP contribution in [0.25, 0.3) is 5.76 Å². The Kier molecular flexibility index (Phi) is 7.45. The van der Waals surface area contributed by atoms with Gasteiger partial charge in [-0.25, -0.2) is 0 Å². The number of aryl methyl sites for hydroxylation is 1. The first kappa shape index (κ1) is 26.1. The highest BCUT2D eigenvalue weighted by Crippen LogP contribution is 2.45. The molecule has 4 rings (SSSR count). The van der Waals surface area contributed by atoms with Gasteiger partial charge in [-0.15, -0.1) is 0 Å². The average molecular weight is 522 g/mol. The van der Waals surface area contributed by atoms with Gasteiger partial charge in [-0.05, 0) is 80.4 Å². The predicted octanol–water partition coefficient (Wildman–Crippen LogP) is 6.08. The number of rotatable bonds is 7. The zero-order valence-electron chi connectivity index (χ0n) is 21.2. The lowest BCUT2D eigenvalue weighted by Gasteiger charge is -2.26. The normalized spacial score (nSPS) is 16.8. The lowest BCUT2D eigenvalue weighted by atomic mass is 9.94. The van der Waals surface area contributed by atoms with Crippen LogP contribution in [0.3, 0.4) is 0 Å². The number of carbonyl (C=O) groups is 2. The van der Waals surface area contributed by atoms with Crippen molar-refractivity contribution in [2.75, 3.05) is 19.1 Å². The molecule has 1 saturated heterocycles. The van der Waals surface area contributed by atoms with Crippen LogP contribution in [0.5, 0.6) is 17.2 Å². The van der Waals surface area contributed by atoms with Crippen molar-refractivity contribution in [3.63, 3.8) is 0 Å². The summed E-state index contributed by atoms with van der Waals surface area (Å²) in [5.41, 5.74) is 1.94. The zero-order chi connectivity index (χ0) is 26.9. The van der Waals surface area contributed by atoms with Crippen LogP contribution in [-0.2, 0) is 9.59 Å². The molecule has 1 aliphatic rings. The van der Waals surface area contributed by atoms with Crippen molar-refractivity contribution in [2.24, 2.45) is 0 Å². The minimum Gasteiger partial charge on any atom is -0.507 e. The largest absolute Gasteiger partial charge is 0.507 e. The van der Waals surface area contributed by atoms with Crippen molar-refractivity contribution in [1.82, 2.24) is 0 Å². The fourth-order valence-corrected chi connectivity index (χ4v) is 4.79. The second kappa shape index (κ2) is 10.6. The first-order valence-electron chi connectivity index (χ1n) is 11.7. The van der Waals surface area contributed by atoms with Crippen molar-refractivity contribution in [3.8, 4) is 17.2 Å². The molecule has 0 aromatic heterocycles. The van der Waals surface area contributed by atoms with Gasteiger partial charge in [0.1, 0.15) is 23.0 Å². The molecule has 0 spiro atoms. The van der Waals surface area contributed by atoms with Crippen molar-refractivity contribution in [2.45, 2.75) is 32.9 Å². The predicted molar refractivity (Wildman–Crippen MR) is 143 cm³/mol. The van der Waals surface area contributed by atoms with Crippen LogP contribution in [0.2, 0.25) is 5.02 Å². The molecule has 1 aliphatic heterocycles. The molecule has 0 radical (unpaired) electrons. The molecule has 1 N–H and O–H groups in total. The van der Waals surface area contributed by atoms with Gasteiger partial charge in [-0.2, -0.15) is 0 Å². The summed E-state index contributed by atoms with van der Waals surface area (Å²) in [7, 11) is 2.95. The van der Waals surface area contributed by atoms with Gasteiger partial charge in [0, 0.05) is 5.69 Å². The van der Waals surface area contributed by atoms with Gasteiger partial charge in [0.15, 0.2) is 0 Å². The number of anilines is 1. The summed E-state index contributed by atoms with van der Waals surface area (Å²) < 4.78 is 16.6. The Morgan fingerprint density at radius 2 is 1.68 bits per heavy atom. The highest BCUT2D eigenvalue weighted by atomic mass is 35.5. The van der Waals surface area contributed by atoms with E-state index in [1.54, 1.807) is 67.6 Å². The molecule has 1 atom stereocenters. The number of ether oxygens (including phenoxy) is 3. The highest BCUT2D eigenvalue weighted by molar-refractivity contribution is 6.51. The van der Waals surface area contributed by atoms with E-state index >= 15 is 0 Å². The lowest BCUT2D eigenvalue weighted by Crippen LogP contribution is -2.29. The number of amides is 1. The van der Waals surface area contributed by atoms with Gasteiger partial charge >= 0.3 is 0 Å². The Balaban J connectivity index is 1.95.